The summed E-state index contributed by atoms with van der Waals surface area (Å²) in [7, 11) is 0. The number of nitro benzene ring substituents is 1. The standard InChI is InChI=1S/C23H14BrClN2O5S/c24-16-8-9-20(32-13-14-4-3-5-17(10-14)27(30)31)15(11-16)12-21-22(28)26(23(29)33-21)19-7-2-1-6-18(19)25/h1-12H,13H2/b21-12-. The topological polar surface area (TPSA) is 89.7 Å². The SMILES string of the molecule is O=C1S/C(=C\c2cc(Br)ccc2OCc2cccc([N+](=O)[O-])c2)C(=O)N1c1ccccc1Cl. The Morgan fingerprint density at radius 2 is 1.88 bits per heavy atom. The molecule has 0 unspecified atom stereocenters. The summed E-state index contributed by atoms with van der Waals surface area (Å²) in [5.41, 5.74) is 1.48. The Kier molecular flexibility index (Phi) is 6.83. The number of hydrogen-bond acceptors (Lipinski definition) is 6. The third-order valence-corrected chi connectivity index (χ3v) is 6.34. The lowest BCUT2D eigenvalue weighted by Crippen LogP contribution is -2.27. The highest BCUT2D eigenvalue weighted by molar-refractivity contribution is 9.10. The van der Waals surface area contributed by atoms with Gasteiger partial charge in [0, 0.05) is 22.2 Å². The van der Waals surface area contributed by atoms with Crippen molar-refractivity contribution in [1.82, 2.24) is 0 Å². The number of halogens is 2. The number of non-ortho nitro benzene ring substituents is 1. The van der Waals surface area contributed by atoms with E-state index in [1.54, 1.807) is 60.7 Å². The van der Waals surface area contributed by atoms with E-state index in [9.17, 15) is 19.7 Å². The van der Waals surface area contributed by atoms with Gasteiger partial charge in [0.15, 0.2) is 0 Å². The Balaban J connectivity index is 1.61. The number of anilines is 1. The molecule has 0 radical (unpaired) electrons. The molecule has 4 rings (SSSR count). The Hall–Kier alpha value is -3.14. The maximum atomic E-state index is 13.0. The van der Waals surface area contributed by atoms with Crippen molar-refractivity contribution in [3.8, 4) is 5.75 Å². The number of para-hydroxylation sites is 1. The van der Waals surface area contributed by atoms with Gasteiger partial charge >= 0.3 is 0 Å². The molecule has 166 valence electrons. The van der Waals surface area contributed by atoms with Gasteiger partial charge in [-0.05, 0) is 53.7 Å². The number of carbonyl (C=O) groups excluding carboxylic acids is 2. The van der Waals surface area contributed by atoms with Crippen LogP contribution in [0.3, 0.4) is 0 Å². The average molecular weight is 546 g/mol. The van der Waals surface area contributed by atoms with E-state index in [2.05, 4.69) is 15.9 Å². The van der Waals surface area contributed by atoms with Crippen molar-refractivity contribution in [3.05, 3.63) is 102 Å². The van der Waals surface area contributed by atoms with Gasteiger partial charge in [0.25, 0.3) is 16.8 Å². The molecule has 1 aliphatic heterocycles. The summed E-state index contributed by atoms with van der Waals surface area (Å²) in [6, 6.07) is 18.0. The smallest absolute Gasteiger partial charge is 0.298 e. The molecule has 0 bridgehead atoms. The van der Waals surface area contributed by atoms with E-state index >= 15 is 0 Å². The van der Waals surface area contributed by atoms with Gasteiger partial charge in [-0.25, -0.2) is 4.90 Å². The third-order valence-electron chi connectivity index (χ3n) is 4.66. The van der Waals surface area contributed by atoms with Crippen LogP contribution >= 0.6 is 39.3 Å². The van der Waals surface area contributed by atoms with Crippen LogP contribution in [-0.2, 0) is 11.4 Å². The Labute approximate surface area is 206 Å². The average Bonchev–Trinajstić information content (AvgIpc) is 3.06. The van der Waals surface area contributed by atoms with Crippen molar-refractivity contribution in [2.45, 2.75) is 6.61 Å². The van der Waals surface area contributed by atoms with Crippen LogP contribution < -0.4 is 9.64 Å². The number of ether oxygens (including phenoxy) is 1. The van der Waals surface area contributed by atoms with E-state index in [4.69, 9.17) is 16.3 Å². The molecule has 7 nitrogen and oxygen atoms in total. The fraction of sp³-hybridized carbons (Fsp3) is 0.0435. The van der Waals surface area contributed by atoms with E-state index < -0.39 is 16.1 Å². The highest BCUT2D eigenvalue weighted by atomic mass is 79.9. The van der Waals surface area contributed by atoms with Crippen LogP contribution in [0.2, 0.25) is 5.02 Å². The van der Waals surface area contributed by atoms with Gasteiger partial charge in [-0.2, -0.15) is 0 Å². The molecule has 1 heterocycles. The Morgan fingerprint density at radius 1 is 1.09 bits per heavy atom. The largest absolute Gasteiger partial charge is 0.488 e. The fourth-order valence-corrected chi connectivity index (χ4v) is 4.56. The summed E-state index contributed by atoms with van der Waals surface area (Å²) in [5.74, 6) is -0.0306. The molecule has 1 fully saturated rings. The first-order valence-corrected chi connectivity index (χ1v) is 11.5. The number of nitrogens with zero attached hydrogens (tertiary/aromatic N) is 2. The zero-order valence-corrected chi connectivity index (χ0v) is 19.9. The molecule has 2 amide bonds. The molecule has 0 N–H and O–H groups in total. The van der Waals surface area contributed by atoms with E-state index in [-0.39, 0.29) is 17.2 Å². The second-order valence-corrected chi connectivity index (χ2v) is 9.18. The molecule has 33 heavy (non-hydrogen) atoms. The minimum Gasteiger partial charge on any atom is -0.488 e. The fourth-order valence-electron chi connectivity index (χ4n) is 3.13. The second-order valence-electron chi connectivity index (χ2n) is 6.87. The molecule has 0 saturated carbocycles. The number of nitro groups is 1. The minimum absolute atomic E-state index is 0.0274. The van der Waals surface area contributed by atoms with Crippen molar-refractivity contribution in [3.63, 3.8) is 0 Å². The van der Waals surface area contributed by atoms with Gasteiger partial charge < -0.3 is 4.74 Å². The van der Waals surface area contributed by atoms with Crippen molar-refractivity contribution in [2.24, 2.45) is 0 Å². The van der Waals surface area contributed by atoms with Crippen LogP contribution in [0.4, 0.5) is 16.2 Å². The Morgan fingerprint density at radius 3 is 2.64 bits per heavy atom. The zero-order valence-electron chi connectivity index (χ0n) is 16.7. The van der Waals surface area contributed by atoms with Crippen LogP contribution in [0.15, 0.2) is 76.1 Å². The maximum absolute atomic E-state index is 13.0. The molecule has 0 spiro atoms. The summed E-state index contributed by atoms with van der Waals surface area (Å²) in [6.45, 7) is 0.0885. The van der Waals surface area contributed by atoms with Gasteiger partial charge in [0.2, 0.25) is 0 Å². The van der Waals surface area contributed by atoms with E-state index in [0.717, 1.165) is 21.1 Å². The highest BCUT2D eigenvalue weighted by Crippen LogP contribution is 2.39. The number of carbonyl (C=O) groups is 2. The molecule has 3 aromatic rings. The zero-order chi connectivity index (χ0) is 23.5. The highest BCUT2D eigenvalue weighted by Gasteiger charge is 2.37. The summed E-state index contributed by atoms with van der Waals surface area (Å²) in [6.07, 6.45) is 1.58. The summed E-state index contributed by atoms with van der Waals surface area (Å²) < 4.78 is 6.64. The van der Waals surface area contributed by atoms with Gasteiger partial charge in [0.05, 0.1) is 20.5 Å². The van der Waals surface area contributed by atoms with Gasteiger partial charge in [-0.1, -0.05) is 51.8 Å². The Bertz CT molecular complexity index is 1310. The molecule has 0 aliphatic carbocycles. The van der Waals surface area contributed by atoms with Crippen molar-refractivity contribution >= 4 is 67.9 Å². The number of hydrogen-bond donors (Lipinski definition) is 0. The predicted molar refractivity (Wildman–Crippen MR) is 131 cm³/mol. The lowest BCUT2D eigenvalue weighted by molar-refractivity contribution is -0.384. The van der Waals surface area contributed by atoms with E-state index in [0.29, 0.717) is 27.6 Å². The van der Waals surface area contributed by atoms with Gasteiger partial charge in [-0.3, -0.25) is 19.7 Å². The monoisotopic (exact) mass is 544 g/mol. The van der Waals surface area contributed by atoms with Crippen LogP contribution in [0.25, 0.3) is 6.08 Å². The second kappa shape index (κ2) is 9.78. The lowest BCUT2D eigenvalue weighted by atomic mass is 10.1. The molecule has 3 aromatic carbocycles. The van der Waals surface area contributed by atoms with Crippen LogP contribution in [0.1, 0.15) is 11.1 Å². The molecular formula is C23H14BrClN2O5S. The van der Waals surface area contributed by atoms with E-state index in [1.807, 2.05) is 0 Å². The number of rotatable bonds is 6. The quantitative estimate of drug-likeness (QED) is 0.192. The number of imide groups is 1. The first-order valence-electron chi connectivity index (χ1n) is 9.51. The van der Waals surface area contributed by atoms with Gasteiger partial charge in [0.1, 0.15) is 12.4 Å². The molecule has 1 saturated heterocycles. The molecule has 1 aliphatic rings. The van der Waals surface area contributed by atoms with Crippen LogP contribution in [0, 0.1) is 10.1 Å². The van der Waals surface area contributed by atoms with Crippen molar-refractivity contribution in [2.75, 3.05) is 4.90 Å². The molecule has 0 aromatic heterocycles. The summed E-state index contributed by atoms with van der Waals surface area (Å²) in [4.78, 5) is 37.3. The molecular weight excluding hydrogens is 532 g/mol. The maximum Gasteiger partial charge on any atom is 0.298 e. The number of amides is 2. The van der Waals surface area contributed by atoms with Crippen LogP contribution in [0.5, 0.6) is 5.75 Å². The predicted octanol–water partition coefficient (Wildman–Crippen LogP) is 6.83. The van der Waals surface area contributed by atoms with Crippen LogP contribution in [-0.4, -0.2) is 16.1 Å². The first-order chi connectivity index (χ1) is 15.8. The van der Waals surface area contributed by atoms with Crippen molar-refractivity contribution in [1.29, 1.82) is 0 Å². The third kappa shape index (κ3) is 5.11. The van der Waals surface area contributed by atoms with E-state index in [1.165, 1.54) is 12.1 Å². The normalized spacial score (nSPS) is 14.7. The lowest BCUT2D eigenvalue weighted by Gasteiger charge is -2.14. The summed E-state index contributed by atoms with van der Waals surface area (Å²) in [5, 5.41) is 10.8. The number of benzene rings is 3. The molecule has 0 atom stereocenters. The van der Waals surface area contributed by atoms with Crippen molar-refractivity contribution < 1.29 is 19.2 Å². The first kappa shape index (κ1) is 23.0. The van der Waals surface area contributed by atoms with Gasteiger partial charge in [-0.15, -0.1) is 0 Å². The minimum atomic E-state index is -0.484. The summed E-state index contributed by atoms with van der Waals surface area (Å²) >= 11 is 10.4. The molecule has 10 heteroatoms. The number of thioether (sulfide) groups is 1.